The Labute approximate surface area is 120 Å². The number of anilines is 1. The zero-order valence-electron chi connectivity index (χ0n) is 9.77. The number of nitrogens with one attached hydrogen (secondary N) is 1. The molecule has 1 atom stereocenters. The molecule has 0 aliphatic heterocycles. The maximum Gasteiger partial charge on any atom is 0.0913 e. The molecule has 1 unspecified atom stereocenters. The van der Waals surface area contributed by atoms with E-state index in [2.05, 4.69) is 5.32 Å². The molecule has 2 aromatic carbocycles. The Hall–Kier alpha value is -1.71. The van der Waals surface area contributed by atoms with Crippen LogP contribution >= 0.6 is 23.2 Å². The summed E-state index contributed by atoms with van der Waals surface area (Å²) in [5.74, 6) is -1.23. The molecular weight excluding hydrogens is 285 g/mol. The van der Waals surface area contributed by atoms with Crippen LogP contribution in [0.4, 0.5) is 5.69 Å². The van der Waals surface area contributed by atoms with Crippen molar-refractivity contribution in [1.82, 2.24) is 0 Å². The fourth-order valence-corrected chi connectivity index (χ4v) is 1.98. The summed E-state index contributed by atoms with van der Waals surface area (Å²) in [6.07, 6.45) is 0. The lowest BCUT2D eigenvalue weighted by Gasteiger charge is -2.21. The van der Waals surface area contributed by atoms with Gasteiger partial charge in [-0.25, -0.2) is 0 Å². The standard InChI is InChI=1S/C14H11Cl2NO2/c15-11-7-6-9(8-12(11)16)13(14(18)19)17-10-4-2-1-3-5-10/h1-8,13,17H,(H,18,19)/p-1. The third-order valence-corrected chi connectivity index (χ3v) is 3.34. The lowest BCUT2D eigenvalue weighted by atomic mass is 10.1. The molecule has 0 saturated carbocycles. The Balaban J connectivity index is 2.30. The number of aliphatic carboxylic acids is 1. The van der Waals surface area contributed by atoms with E-state index in [0.717, 1.165) is 0 Å². The number of carbonyl (C=O) groups excluding carboxylic acids is 1. The average Bonchev–Trinajstić information content (AvgIpc) is 2.40. The molecule has 19 heavy (non-hydrogen) atoms. The van der Waals surface area contributed by atoms with Crippen molar-refractivity contribution in [3.05, 3.63) is 64.1 Å². The van der Waals surface area contributed by atoms with Crippen LogP contribution in [0.5, 0.6) is 0 Å². The second kappa shape index (κ2) is 5.95. The zero-order chi connectivity index (χ0) is 13.8. The number of carbonyl (C=O) groups is 1. The first-order chi connectivity index (χ1) is 9.08. The monoisotopic (exact) mass is 294 g/mol. The van der Waals surface area contributed by atoms with Gasteiger partial charge in [-0.2, -0.15) is 0 Å². The Morgan fingerprint density at radius 1 is 1.05 bits per heavy atom. The van der Waals surface area contributed by atoms with Crippen LogP contribution in [0.15, 0.2) is 48.5 Å². The van der Waals surface area contributed by atoms with Crippen LogP contribution in [-0.2, 0) is 4.79 Å². The fourth-order valence-electron chi connectivity index (χ4n) is 1.67. The Bertz CT molecular complexity index is 587. The summed E-state index contributed by atoms with van der Waals surface area (Å²) in [5.41, 5.74) is 1.17. The molecule has 98 valence electrons. The first-order valence-electron chi connectivity index (χ1n) is 5.55. The number of carboxylic acid groups (broad SMARTS) is 1. The van der Waals surface area contributed by atoms with Crippen LogP contribution in [0.3, 0.4) is 0 Å². The Kier molecular flexibility index (Phi) is 4.30. The summed E-state index contributed by atoms with van der Waals surface area (Å²) in [6.45, 7) is 0. The number of benzene rings is 2. The van der Waals surface area contributed by atoms with Crippen LogP contribution in [0, 0.1) is 0 Å². The number of hydrogen-bond acceptors (Lipinski definition) is 3. The first kappa shape index (κ1) is 13.7. The molecule has 3 nitrogen and oxygen atoms in total. The molecule has 0 aromatic heterocycles. The minimum Gasteiger partial charge on any atom is -0.548 e. The molecule has 5 heteroatoms. The zero-order valence-corrected chi connectivity index (χ0v) is 11.3. The van der Waals surface area contributed by atoms with Gasteiger partial charge in [0.15, 0.2) is 0 Å². The highest BCUT2D eigenvalue weighted by atomic mass is 35.5. The minimum absolute atomic E-state index is 0.306. The van der Waals surface area contributed by atoms with Gasteiger partial charge in [0.2, 0.25) is 0 Å². The van der Waals surface area contributed by atoms with Crippen molar-refractivity contribution in [3.8, 4) is 0 Å². The maximum atomic E-state index is 11.3. The largest absolute Gasteiger partial charge is 0.548 e. The predicted molar refractivity (Wildman–Crippen MR) is 74.3 cm³/mol. The second-order valence-electron chi connectivity index (χ2n) is 3.94. The van der Waals surface area contributed by atoms with Crippen molar-refractivity contribution in [2.45, 2.75) is 6.04 Å². The Morgan fingerprint density at radius 3 is 2.32 bits per heavy atom. The molecule has 0 amide bonds. The van der Waals surface area contributed by atoms with E-state index in [1.807, 2.05) is 18.2 Å². The number of hydrogen-bond donors (Lipinski definition) is 1. The van der Waals surface area contributed by atoms with Gasteiger partial charge in [-0.1, -0.05) is 47.5 Å². The summed E-state index contributed by atoms with van der Waals surface area (Å²) in [4.78, 5) is 11.3. The van der Waals surface area contributed by atoms with E-state index in [-0.39, 0.29) is 0 Å². The van der Waals surface area contributed by atoms with Gasteiger partial charge < -0.3 is 15.2 Å². The molecule has 0 aliphatic rings. The van der Waals surface area contributed by atoms with Crippen LogP contribution in [0.2, 0.25) is 10.0 Å². The summed E-state index contributed by atoms with van der Waals surface area (Å²) >= 11 is 11.7. The van der Waals surface area contributed by atoms with Gasteiger partial charge >= 0.3 is 0 Å². The van der Waals surface area contributed by atoms with Gasteiger partial charge in [-0.15, -0.1) is 0 Å². The molecular formula is C14H10Cl2NO2-. The van der Waals surface area contributed by atoms with Crippen LogP contribution in [-0.4, -0.2) is 5.97 Å². The number of rotatable bonds is 4. The molecule has 0 heterocycles. The molecule has 2 aromatic rings. The summed E-state index contributed by atoms with van der Waals surface area (Å²) in [7, 11) is 0. The van der Waals surface area contributed by atoms with Gasteiger partial charge in [-0.05, 0) is 29.8 Å². The van der Waals surface area contributed by atoms with Gasteiger partial charge in [0.05, 0.1) is 22.1 Å². The number of para-hydroxylation sites is 1. The quantitative estimate of drug-likeness (QED) is 0.943. The van der Waals surface area contributed by atoms with E-state index in [4.69, 9.17) is 23.2 Å². The second-order valence-corrected chi connectivity index (χ2v) is 4.75. The predicted octanol–water partition coefficient (Wildman–Crippen LogP) is 2.90. The van der Waals surface area contributed by atoms with E-state index in [9.17, 15) is 9.90 Å². The first-order valence-corrected chi connectivity index (χ1v) is 6.31. The molecule has 0 saturated heterocycles. The van der Waals surface area contributed by atoms with E-state index in [1.54, 1.807) is 24.3 Å². The smallest absolute Gasteiger partial charge is 0.0913 e. The fraction of sp³-hybridized carbons (Fsp3) is 0.0714. The third kappa shape index (κ3) is 3.40. The molecule has 0 spiro atoms. The minimum atomic E-state index is -1.23. The normalized spacial score (nSPS) is 11.9. The van der Waals surface area contributed by atoms with Gasteiger partial charge in [0.1, 0.15) is 0 Å². The van der Waals surface area contributed by atoms with Crippen LogP contribution in [0.1, 0.15) is 11.6 Å². The average molecular weight is 295 g/mol. The summed E-state index contributed by atoms with van der Waals surface area (Å²) < 4.78 is 0. The van der Waals surface area contributed by atoms with Crippen LogP contribution in [0.25, 0.3) is 0 Å². The molecule has 0 bridgehead atoms. The number of carboxylic acids is 1. The third-order valence-electron chi connectivity index (χ3n) is 2.60. The van der Waals surface area contributed by atoms with Crippen molar-refractivity contribution in [2.24, 2.45) is 0 Å². The molecule has 0 fully saturated rings. The van der Waals surface area contributed by atoms with E-state index in [0.29, 0.717) is 21.3 Å². The molecule has 2 rings (SSSR count). The Morgan fingerprint density at radius 2 is 1.74 bits per heavy atom. The highest BCUT2D eigenvalue weighted by Crippen LogP contribution is 2.27. The maximum absolute atomic E-state index is 11.3. The SMILES string of the molecule is O=C([O-])C(Nc1ccccc1)c1ccc(Cl)c(Cl)c1. The van der Waals surface area contributed by atoms with E-state index in [1.165, 1.54) is 6.07 Å². The van der Waals surface area contributed by atoms with Gasteiger partial charge in [0.25, 0.3) is 0 Å². The summed E-state index contributed by atoms with van der Waals surface area (Å²) in [5, 5.41) is 14.8. The lowest BCUT2D eigenvalue weighted by molar-refractivity contribution is -0.307. The van der Waals surface area contributed by atoms with Crippen molar-refractivity contribution < 1.29 is 9.90 Å². The topological polar surface area (TPSA) is 52.2 Å². The van der Waals surface area contributed by atoms with E-state index < -0.39 is 12.0 Å². The molecule has 1 N–H and O–H groups in total. The van der Waals surface area contributed by atoms with Crippen LogP contribution < -0.4 is 10.4 Å². The molecule has 0 aliphatic carbocycles. The number of halogens is 2. The molecule has 0 radical (unpaired) electrons. The van der Waals surface area contributed by atoms with E-state index >= 15 is 0 Å². The highest BCUT2D eigenvalue weighted by molar-refractivity contribution is 6.42. The highest BCUT2D eigenvalue weighted by Gasteiger charge is 2.14. The van der Waals surface area contributed by atoms with Gasteiger partial charge in [-0.3, -0.25) is 0 Å². The van der Waals surface area contributed by atoms with Crippen molar-refractivity contribution in [2.75, 3.05) is 5.32 Å². The van der Waals surface area contributed by atoms with Crippen molar-refractivity contribution >= 4 is 34.9 Å². The summed E-state index contributed by atoms with van der Waals surface area (Å²) in [6, 6.07) is 12.7. The van der Waals surface area contributed by atoms with Gasteiger partial charge in [0, 0.05) is 5.69 Å². The van der Waals surface area contributed by atoms with Crippen molar-refractivity contribution in [3.63, 3.8) is 0 Å². The van der Waals surface area contributed by atoms with Crippen molar-refractivity contribution in [1.29, 1.82) is 0 Å². The lowest BCUT2D eigenvalue weighted by Crippen LogP contribution is -2.34.